The summed E-state index contributed by atoms with van der Waals surface area (Å²) in [4.78, 5) is 16.8. The predicted molar refractivity (Wildman–Crippen MR) is 78.0 cm³/mol. The first-order chi connectivity index (χ1) is 9.07. The molecule has 1 aliphatic carbocycles. The van der Waals surface area contributed by atoms with Gasteiger partial charge in [-0.15, -0.1) is 11.3 Å². The van der Waals surface area contributed by atoms with E-state index in [0.717, 1.165) is 49.2 Å². The van der Waals surface area contributed by atoms with Gasteiger partial charge in [-0.1, -0.05) is 26.2 Å². The van der Waals surface area contributed by atoms with Gasteiger partial charge in [-0.05, 0) is 26.2 Å². The lowest BCUT2D eigenvalue weighted by atomic mass is 9.97. The third kappa shape index (κ3) is 3.15. The highest BCUT2D eigenvalue weighted by atomic mass is 32.1. The molecule has 1 unspecified atom stereocenters. The van der Waals surface area contributed by atoms with Gasteiger partial charge in [0.05, 0.1) is 11.6 Å². The van der Waals surface area contributed by atoms with Gasteiger partial charge in [-0.25, -0.2) is 4.98 Å². The Morgan fingerprint density at radius 2 is 2.26 bits per heavy atom. The molecule has 4 nitrogen and oxygen atoms in total. The van der Waals surface area contributed by atoms with Crippen LogP contribution in [0.4, 0.5) is 0 Å². The van der Waals surface area contributed by atoms with Crippen LogP contribution < -0.4 is 11.1 Å². The minimum absolute atomic E-state index is 0.0309. The van der Waals surface area contributed by atoms with Crippen LogP contribution in [0, 0.1) is 6.92 Å². The third-order valence-corrected chi connectivity index (χ3v) is 4.95. The summed E-state index contributed by atoms with van der Waals surface area (Å²) < 4.78 is 0. The summed E-state index contributed by atoms with van der Waals surface area (Å²) in [5.74, 6) is -0.0309. The Kier molecular flexibility index (Phi) is 4.58. The topological polar surface area (TPSA) is 68.0 Å². The first-order valence-electron chi connectivity index (χ1n) is 7.07. The molecule has 2 rings (SSSR count). The zero-order chi connectivity index (χ0) is 13.9. The molecule has 0 saturated heterocycles. The number of hydrogen-bond acceptors (Lipinski definition) is 4. The van der Waals surface area contributed by atoms with Gasteiger partial charge < -0.3 is 11.1 Å². The highest BCUT2D eigenvalue weighted by Crippen LogP contribution is 2.40. The van der Waals surface area contributed by atoms with Crippen molar-refractivity contribution >= 4 is 17.2 Å². The number of amides is 1. The number of hydrogen-bond donors (Lipinski definition) is 2. The van der Waals surface area contributed by atoms with E-state index < -0.39 is 6.04 Å². The molecule has 1 saturated carbocycles. The number of nitrogens with two attached hydrogens (primary N) is 1. The molecule has 1 aromatic heterocycles. The molecule has 106 valence electrons. The third-order valence-electron chi connectivity index (χ3n) is 3.78. The van der Waals surface area contributed by atoms with Gasteiger partial charge in [0.2, 0.25) is 5.91 Å². The predicted octanol–water partition coefficient (Wildman–Crippen LogP) is 2.46. The number of carbonyl (C=O) groups is 1. The van der Waals surface area contributed by atoms with Gasteiger partial charge in [0, 0.05) is 11.1 Å². The monoisotopic (exact) mass is 281 g/mol. The van der Waals surface area contributed by atoms with Gasteiger partial charge in [0.15, 0.2) is 0 Å². The maximum absolute atomic E-state index is 12.2. The second kappa shape index (κ2) is 6.01. The van der Waals surface area contributed by atoms with Crippen molar-refractivity contribution in [1.82, 2.24) is 10.3 Å². The van der Waals surface area contributed by atoms with Crippen LogP contribution in [0.3, 0.4) is 0 Å². The molecule has 3 N–H and O–H groups in total. The molecule has 1 fully saturated rings. The fourth-order valence-corrected chi connectivity index (χ4v) is 3.73. The number of nitrogens with zero attached hydrogens (tertiary/aromatic N) is 1. The standard InChI is InChI=1S/C14H23N3OS/c1-3-6-11(15)12(18)17-14(7-4-5-8-14)13-16-10(2)9-19-13/h9,11H,3-8,15H2,1-2H3,(H,17,18). The Morgan fingerprint density at radius 3 is 2.79 bits per heavy atom. The Labute approximate surface area is 118 Å². The van der Waals surface area contributed by atoms with E-state index in [4.69, 9.17) is 5.73 Å². The van der Waals surface area contributed by atoms with E-state index in [1.165, 1.54) is 0 Å². The fraction of sp³-hybridized carbons (Fsp3) is 0.714. The van der Waals surface area contributed by atoms with Gasteiger partial charge in [-0.3, -0.25) is 4.79 Å². The van der Waals surface area contributed by atoms with E-state index in [0.29, 0.717) is 0 Å². The summed E-state index contributed by atoms with van der Waals surface area (Å²) >= 11 is 1.65. The molecule has 1 atom stereocenters. The summed E-state index contributed by atoms with van der Waals surface area (Å²) in [6, 6.07) is -0.400. The number of thiazole rings is 1. The molecular formula is C14H23N3OS. The number of nitrogens with one attached hydrogen (secondary N) is 1. The quantitative estimate of drug-likeness (QED) is 0.871. The molecule has 1 amide bonds. The van der Waals surface area contributed by atoms with Crippen molar-refractivity contribution < 1.29 is 4.79 Å². The van der Waals surface area contributed by atoms with E-state index in [-0.39, 0.29) is 11.4 Å². The van der Waals surface area contributed by atoms with Crippen LogP contribution >= 0.6 is 11.3 Å². The largest absolute Gasteiger partial charge is 0.343 e. The van der Waals surface area contributed by atoms with Crippen molar-refractivity contribution in [2.24, 2.45) is 5.73 Å². The smallest absolute Gasteiger partial charge is 0.237 e. The second-order valence-electron chi connectivity index (χ2n) is 5.47. The molecule has 0 spiro atoms. The minimum atomic E-state index is -0.400. The van der Waals surface area contributed by atoms with E-state index in [9.17, 15) is 4.79 Å². The van der Waals surface area contributed by atoms with Gasteiger partial charge in [0.1, 0.15) is 5.01 Å². The Bertz CT molecular complexity index is 438. The minimum Gasteiger partial charge on any atom is -0.343 e. The average molecular weight is 281 g/mol. The van der Waals surface area contributed by atoms with Gasteiger partial charge >= 0.3 is 0 Å². The van der Waals surface area contributed by atoms with Crippen molar-refractivity contribution in [3.63, 3.8) is 0 Å². The van der Waals surface area contributed by atoms with Crippen molar-refractivity contribution in [3.8, 4) is 0 Å². The number of carbonyl (C=O) groups excluding carboxylic acids is 1. The SMILES string of the molecule is CCCC(N)C(=O)NC1(c2nc(C)cs2)CCCC1. The molecule has 19 heavy (non-hydrogen) atoms. The lowest BCUT2D eigenvalue weighted by Gasteiger charge is -2.29. The Morgan fingerprint density at radius 1 is 1.58 bits per heavy atom. The number of aryl methyl sites for hydroxylation is 1. The van der Waals surface area contributed by atoms with Crippen molar-refractivity contribution in [1.29, 1.82) is 0 Å². The molecule has 0 radical (unpaired) electrons. The first-order valence-corrected chi connectivity index (χ1v) is 7.95. The molecule has 0 aliphatic heterocycles. The van der Waals surface area contributed by atoms with E-state index in [1.54, 1.807) is 11.3 Å². The first kappa shape index (κ1) is 14.5. The summed E-state index contributed by atoms with van der Waals surface area (Å²) in [6.07, 6.45) is 5.90. The van der Waals surface area contributed by atoms with Crippen LogP contribution in [0.25, 0.3) is 0 Å². The van der Waals surface area contributed by atoms with Crippen LogP contribution in [0.15, 0.2) is 5.38 Å². The molecule has 0 aromatic carbocycles. The summed E-state index contributed by atoms with van der Waals surface area (Å²) in [7, 11) is 0. The van der Waals surface area contributed by atoms with Crippen molar-refractivity contribution in [2.45, 2.75) is 64.0 Å². The summed E-state index contributed by atoms with van der Waals surface area (Å²) in [5, 5.41) is 6.28. The number of aromatic nitrogens is 1. The van der Waals surface area contributed by atoms with Crippen LogP contribution in [-0.2, 0) is 10.3 Å². The molecule has 1 aliphatic rings. The highest BCUT2D eigenvalue weighted by molar-refractivity contribution is 7.09. The fourth-order valence-electron chi connectivity index (χ4n) is 2.72. The van der Waals surface area contributed by atoms with Crippen molar-refractivity contribution in [2.75, 3.05) is 0 Å². The normalized spacial score (nSPS) is 19.3. The molecule has 1 heterocycles. The summed E-state index contributed by atoms with van der Waals surface area (Å²) in [6.45, 7) is 4.04. The van der Waals surface area contributed by atoms with Crippen LogP contribution in [0.5, 0.6) is 0 Å². The Balaban J connectivity index is 2.14. The van der Waals surface area contributed by atoms with Gasteiger partial charge in [-0.2, -0.15) is 0 Å². The lowest BCUT2D eigenvalue weighted by molar-refractivity contribution is -0.124. The molecule has 1 aromatic rings. The Hall–Kier alpha value is -0.940. The lowest BCUT2D eigenvalue weighted by Crippen LogP contribution is -2.50. The molecular weight excluding hydrogens is 258 g/mol. The zero-order valence-electron chi connectivity index (χ0n) is 11.7. The van der Waals surface area contributed by atoms with Crippen LogP contribution in [-0.4, -0.2) is 16.9 Å². The maximum atomic E-state index is 12.2. The van der Waals surface area contributed by atoms with Crippen molar-refractivity contribution in [3.05, 3.63) is 16.1 Å². The zero-order valence-corrected chi connectivity index (χ0v) is 12.6. The van der Waals surface area contributed by atoms with E-state index in [2.05, 4.69) is 10.3 Å². The van der Waals surface area contributed by atoms with Crippen LogP contribution in [0.1, 0.15) is 56.2 Å². The van der Waals surface area contributed by atoms with E-state index in [1.807, 2.05) is 19.2 Å². The molecule has 5 heteroatoms. The molecule has 0 bridgehead atoms. The maximum Gasteiger partial charge on any atom is 0.237 e. The van der Waals surface area contributed by atoms with Crippen LogP contribution in [0.2, 0.25) is 0 Å². The highest BCUT2D eigenvalue weighted by Gasteiger charge is 2.40. The number of rotatable bonds is 5. The summed E-state index contributed by atoms with van der Waals surface area (Å²) in [5.41, 5.74) is 6.68. The average Bonchev–Trinajstić information content (AvgIpc) is 2.99. The second-order valence-corrected chi connectivity index (χ2v) is 6.33. The van der Waals surface area contributed by atoms with Gasteiger partial charge in [0.25, 0.3) is 0 Å². The van der Waals surface area contributed by atoms with E-state index >= 15 is 0 Å².